The van der Waals surface area contributed by atoms with E-state index < -0.39 is 22.5 Å². The number of nitrogens with one attached hydrogen (secondary N) is 1. The number of rotatable bonds is 10. The molecule has 0 unspecified atom stereocenters. The second-order valence-corrected chi connectivity index (χ2v) is 12.1. The summed E-state index contributed by atoms with van der Waals surface area (Å²) in [5, 5.41) is 5.30. The number of hydrogen-bond donors (Lipinski definition) is 1. The van der Waals surface area contributed by atoms with E-state index in [0.717, 1.165) is 16.1 Å². The van der Waals surface area contributed by atoms with E-state index in [1.165, 1.54) is 19.4 Å². The number of aryl methyl sites for hydroxylation is 1. The van der Waals surface area contributed by atoms with Crippen LogP contribution in [0, 0.1) is 6.92 Å². The van der Waals surface area contributed by atoms with Crippen molar-refractivity contribution in [3.05, 3.63) is 84.8 Å². The number of methoxy groups -OCH3 is 1. The molecular weight excluding hydrogens is 641 g/mol. The molecule has 0 aromatic heterocycles. The standard InChI is InChI=1S/C25H23BrCl3N3O5S/c1-15-4-6-19(28)11-22(15)32(38(3,34)35)13-24(33)31-30-12-16-8-20(26)25(23(9-16)36-2)37-14-17-5-7-18(27)10-21(17)29/h4-12H,13-14H2,1-3H3,(H,31,33)/b30-12-. The molecule has 202 valence electrons. The summed E-state index contributed by atoms with van der Waals surface area (Å²) in [4.78, 5) is 12.5. The summed E-state index contributed by atoms with van der Waals surface area (Å²) in [6.07, 6.45) is 2.40. The Morgan fingerprint density at radius 1 is 1.11 bits per heavy atom. The quantitative estimate of drug-likeness (QED) is 0.205. The zero-order chi connectivity index (χ0) is 28.0. The van der Waals surface area contributed by atoms with Crippen molar-refractivity contribution < 1.29 is 22.7 Å². The predicted octanol–water partition coefficient (Wildman–Crippen LogP) is 6.22. The van der Waals surface area contributed by atoms with Crippen LogP contribution >= 0.6 is 50.7 Å². The zero-order valence-electron chi connectivity index (χ0n) is 20.5. The summed E-state index contributed by atoms with van der Waals surface area (Å²) in [5.74, 6) is 0.217. The van der Waals surface area contributed by atoms with Gasteiger partial charge in [-0.3, -0.25) is 9.10 Å². The van der Waals surface area contributed by atoms with Gasteiger partial charge in [-0.05, 0) is 70.4 Å². The van der Waals surface area contributed by atoms with Gasteiger partial charge < -0.3 is 9.47 Å². The van der Waals surface area contributed by atoms with Crippen molar-refractivity contribution in [3.8, 4) is 11.5 Å². The molecule has 0 saturated carbocycles. The van der Waals surface area contributed by atoms with Gasteiger partial charge in [-0.25, -0.2) is 13.8 Å². The number of nitrogens with zero attached hydrogens (tertiary/aromatic N) is 2. The lowest BCUT2D eigenvalue weighted by atomic mass is 10.2. The third-order valence-electron chi connectivity index (χ3n) is 5.17. The number of amides is 1. The van der Waals surface area contributed by atoms with E-state index in [4.69, 9.17) is 44.3 Å². The average Bonchev–Trinajstić information content (AvgIpc) is 2.83. The summed E-state index contributed by atoms with van der Waals surface area (Å²) < 4.78 is 37.6. The van der Waals surface area contributed by atoms with Crippen LogP contribution in [0.3, 0.4) is 0 Å². The molecule has 0 spiro atoms. The monoisotopic (exact) mass is 661 g/mol. The van der Waals surface area contributed by atoms with Crippen molar-refractivity contribution in [2.24, 2.45) is 5.10 Å². The molecule has 0 radical (unpaired) electrons. The number of ether oxygens (including phenoxy) is 2. The Morgan fingerprint density at radius 2 is 1.79 bits per heavy atom. The van der Waals surface area contributed by atoms with Crippen molar-refractivity contribution in [2.45, 2.75) is 13.5 Å². The lowest BCUT2D eigenvalue weighted by Gasteiger charge is -2.23. The molecule has 8 nitrogen and oxygen atoms in total. The van der Waals surface area contributed by atoms with Gasteiger partial charge in [0.05, 0.1) is 29.7 Å². The SMILES string of the molecule is COc1cc(/C=N\NC(=O)CN(c2cc(Cl)ccc2C)S(C)(=O)=O)cc(Br)c1OCc1ccc(Cl)cc1Cl. The molecule has 0 bridgehead atoms. The number of hydrogen-bond acceptors (Lipinski definition) is 6. The number of benzene rings is 3. The minimum Gasteiger partial charge on any atom is -0.493 e. The highest BCUT2D eigenvalue weighted by molar-refractivity contribution is 9.10. The van der Waals surface area contributed by atoms with Gasteiger partial charge in [0.15, 0.2) is 11.5 Å². The third kappa shape index (κ3) is 8.00. The summed E-state index contributed by atoms with van der Waals surface area (Å²) in [6, 6.07) is 13.3. The van der Waals surface area contributed by atoms with Gasteiger partial charge in [0.25, 0.3) is 5.91 Å². The normalized spacial score (nSPS) is 11.4. The van der Waals surface area contributed by atoms with E-state index in [9.17, 15) is 13.2 Å². The van der Waals surface area contributed by atoms with Crippen LogP contribution in [0.15, 0.2) is 58.1 Å². The number of sulfonamides is 1. The Labute approximate surface area is 244 Å². The molecule has 3 rings (SSSR count). The van der Waals surface area contributed by atoms with E-state index in [1.54, 1.807) is 49.4 Å². The van der Waals surface area contributed by atoms with Crippen molar-refractivity contribution >= 4 is 78.6 Å². The Morgan fingerprint density at radius 3 is 2.45 bits per heavy atom. The van der Waals surface area contributed by atoms with Gasteiger partial charge in [0.1, 0.15) is 13.2 Å². The van der Waals surface area contributed by atoms with Gasteiger partial charge in [-0.15, -0.1) is 0 Å². The van der Waals surface area contributed by atoms with Crippen LogP contribution in [-0.4, -0.2) is 40.4 Å². The number of halogens is 4. The van der Waals surface area contributed by atoms with Gasteiger partial charge in [-0.1, -0.05) is 46.9 Å². The maximum Gasteiger partial charge on any atom is 0.260 e. The fourth-order valence-corrected chi connectivity index (χ4v) is 5.43. The summed E-state index contributed by atoms with van der Waals surface area (Å²) in [5.41, 5.74) is 4.63. The fourth-order valence-electron chi connectivity index (χ4n) is 3.32. The molecule has 13 heteroatoms. The van der Waals surface area contributed by atoms with Crippen molar-refractivity contribution in [3.63, 3.8) is 0 Å². The molecular formula is C25H23BrCl3N3O5S. The first-order chi connectivity index (χ1) is 17.9. The summed E-state index contributed by atoms with van der Waals surface area (Å²) >= 11 is 21.7. The Balaban J connectivity index is 1.71. The van der Waals surface area contributed by atoms with Crippen LogP contribution in [0.1, 0.15) is 16.7 Å². The number of anilines is 1. The summed E-state index contributed by atoms with van der Waals surface area (Å²) in [6.45, 7) is 1.42. The zero-order valence-corrected chi connectivity index (χ0v) is 25.1. The summed E-state index contributed by atoms with van der Waals surface area (Å²) in [7, 11) is -2.28. The van der Waals surface area contributed by atoms with Crippen LogP contribution in [0.4, 0.5) is 5.69 Å². The number of carbonyl (C=O) groups excluding carboxylic acids is 1. The molecule has 0 aliphatic heterocycles. The molecule has 0 atom stereocenters. The third-order valence-corrected chi connectivity index (χ3v) is 7.71. The second-order valence-electron chi connectivity index (χ2n) is 8.05. The van der Waals surface area contributed by atoms with E-state index >= 15 is 0 Å². The van der Waals surface area contributed by atoms with Gasteiger partial charge in [0, 0.05) is 20.6 Å². The Hall–Kier alpha value is -2.50. The van der Waals surface area contributed by atoms with Gasteiger partial charge in [-0.2, -0.15) is 5.10 Å². The van der Waals surface area contributed by atoms with Crippen molar-refractivity contribution in [2.75, 3.05) is 24.2 Å². The fraction of sp³-hybridized carbons (Fsp3) is 0.200. The number of hydrazone groups is 1. The average molecular weight is 664 g/mol. The van der Waals surface area contributed by atoms with Crippen LogP contribution in [0.5, 0.6) is 11.5 Å². The Bertz CT molecular complexity index is 1490. The second kappa shape index (κ2) is 13.0. The highest BCUT2D eigenvalue weighted by atomic mass is 79.9. The van der Waals surface area contributed by atoms with Crippen molar-refractivity contribution in [1.82, 2.24) is 5.43 Å². The minimum atomic E-state index is -3.77. The smallest absolute Gasteiger partial charge is 0.260 e. The first kappa shape index (κ1) is 30.0. The molecule has 3 aromatic rings. The lowest BCUT2D eigenvalue weighted by Crippen LogP contribution is -2.39. The van der Waals surface area contributed by atoms with Crippen LogP contribution in [0.2, 0.25) is 15.1 Å². The highest BCUT2D eigenvalue weighted by Gasteiger charge is 2.22. The molecule has 38 heavy (non-hydrogen) atoms. The van der Waals surface area contributed by atoms with Gasteiger partial charge >= 0.3 is 0 Å². The minimum absolute atomic E-state index is 0.178. The topological polar surface area (TPSA) is 97.3 Å². The van der Waals surface area contributed by atoms with Crippen LogP contribution < -0.4 is 19.2 Å². The number of carbonyl (C=O) groups is 1. The molecule has 0 aliphatic carbocycles. The largest absolute Gasteiger partial charge is 0.493 e. The van der Waals surface area contributed by atoms with E-state index in [0.29, 0.717) is 47.9 Å². The first-order valence-electron chi connectivity index (χ1n) is 10.9. The van der Waals surface area contributed by atoms with Crippen molar-refractivity contribution in [1.29, 1.82) is 0 Å². The predicted molar refractivity (Wildman–Crippen MR) is 156 cm³/mol. The van der Waals surface area contributed by atoms with Crippen LogP contribution in [-0.2, 0) is 21.4 Å². The maximum absolute atomic E-state index is 12.5. The lowest BCUT2D eigenvalue weighted by molar-refractivity contribution is -0.119. The Kier molecular flexibility index (Phi) is 10.3. The van der Waals surface area contributed by atoms with Crippen LogP contribution in [0.25, 0.3) is 0 Å². The maximum atomic E-state index is 12.5. The molecule has 0 heterocycles. The van der Waals surface area contributed by atoms with E-state index in [2.05, 4.69) is 26.5 Å². The van der Waals surface area contributed by atoms with Gasteiger partial charge in [0.2, 0.25) is 10.0 Å². The molecule has 0 fully saturated rings. The molecule has 1 amide bonds. The highest BCUT2D eigenvalue weighted by Crippen LogP contribution is 2.37. The molecule has 0 aliphatic rings. The molecule has 1 N–H and O–H groups in total. The van der Waals surface area contributed by atoms with E-state index in [1.807, 2.05) is 0 Å². The van der Waals surface area contributed by atoms with E-state index in [-0.39, 0.29) is 6.61 Å². The first-order valence-corrected chi connectivity index (χ1v) is 14.7. The molecule has 3 aromatic carbocycles. The molecule has 0 saturated heterocycles.